The van der Waals surface area contributed by atoms with Crippen LogP contribution >= 0.6 is 0 Å². The molecule has 0 aliphatic carbocycles. The van der Waals surface area contributed by atoms with Crippen LogP contribution in [0.2, 0.25) is 0 Å². The predicted octanol–water partition coefficient (Wildman–Crippen LogP) is 2.80. The largest absolute Gasteiger partial charge is 0.478 e. The Hall–Kier alpha value is -3.30. The summed E-state index contributed by atoms with van der Waals surface area (Å²) in [5.74, 6) is -0.609. The topological polar surface area (TPSA) is 89.7 Å². The maximum Gasteiger partial charge on any atom is 0.335 e. The van der Waals surface area contributed by atoms with Gasteiger partial charge in [-0.25, -0.2) is 14.2 Å². The van der Waals surface area contributed by atoms with E-state index in [0.717, 1.165) is 17.7 Å². The highest BCUT2D eigenvalue weighted by atomic mass is 19.1. The number of likely N-dealkylation sites (N-methyl/N-ethyl adjacent to an activating group) is 1. The number of pyridine rings is 1. The van der Waals surface area contributed by atoms with Crippen LogP contribution in [0.15, 0.2) is 48.8 Å². The zero-order valence-corrected chi connectivity index (χ0v) is 17.5. The molecule has 31 heavy (non-hydrogen) atoms. The van der Waals surface area contributed by atoms with Gasteiger partial charge in [0.15, 0.2) is 5.82 Å². The van der Waals surface area contributed by atoms with Gasteiger partial charge < -0.3 is 19.5 Å². The zero-order chi connectivity index (χ0) is 22.2. The molecule has 0 unspecified atom stereocenters. The van der Waals surface area contributed by atoms with Crippen molar-refractivity contribution in [2.24, 2.45) is 0 Å². The van der Waals surface area contributed by atoms with E-state index in [1.54, 1.807) is 18.3 Å². The molecule has 0 atom stereocenters. The van der Waals surface area contributed by atoms with E-state index in [-0.39, 0.29) is 18.0 Å². The fourth-order valence-electron chi connectivity index (χ4n) is 2.79. The number of carboxylic acid groups (broad SMARTS) is 1. The third kappa shape index (κ3) is 6.34. The van der Waals surface area contributed by atoms with E-state index in [1.807, 2.05) is 19.0 Å². The summed E-state index contributed by atoms with van der Waals surface area (Å²) in [6.45, 7) is 2.10. The number of aromatic nitrogens is 3. The third-order valence-electron chi connectivity index (χ3n) is 4.49. The first kappa shape index (κ1) is 22.4. The van der Waals surface area contributed by atoms with Gasteiger partial charge in [-0.15, -0.1) is 0 Å². The second-order valence-corrected chi connectivity index (χ2v) is 7.18. The molecule has 164 valence electrons. The first-order valence-electron chi connectivity index (χ1n) is 9.80. The Balaban J connectivity index is 1.80. The fourth-order valence-corrected chi connectivity index (χ4v) is 2.79. The number of halogens is 1. The average Bonchev–Trinajstić information content (AvgIpc) is 3.15. The van der Waals surface area contributed by atoms with Gasteiger partial charge in [0, 0.05) is 24.7 Å². The highest BCUT2D eigenvalue weighted by Crippen LogP contribution is 2.24. The molecule has 3 rings (SSSR count). The Kier molecular flexibility index (Phi) is 7.69. The van der Waals surface area contributed by atoms with E-state index < -0.39 is 5.97 Å². The number of hydrogen-bond donors (Lipinski definition) is 1. The van der Waals surface area contributed by atoms with Gasteiger partial charge in [0.1, 0.15) is 12.4 Å². The molecule has 3 aromatic rings. The van der Waals surface area contributed by atoms with E-state index >= 15 is 0 Å². The molecule has 0 amide bonds. The molecule has 2 aromatic heterocycles. The van der Waals surface area contributed by atoms with E-state index in [0.29, 0.717) is 31.3 Å². The van der Waals surface area contributed by atoms with Gasteiger partial charge in [0.2, 0.25) is 5.88 Å². The molecule has 0 saturated heterocycles. The molecule has 8 nitrogen and oxygen atoms in total. The van der Waals surface area contributed by atoms with E-state index in [2.05, 4.69) is 10.1 Å². The number of carbonyl (C=O) groups is 1. The summed E-state index contributed by atoms with van der Waals surface area (Å²) in [5.41, 5.74) is 1.68. The van der Waals surface area contributed by atoms with Gasteiger partial charge in [-0.1, -0.05) is 12.1 Å². The molecule has 0 aliphatic rings. The lowest BCUT2D eigenvalue weighted by Gasteiger charge is -2.12. The van der Waals surface area contributed by atoms with Gasteiger partial charge in [0.05, 0.1) is 25.0 Å². The Morgan fingerprint density at radius 2 is 1.97 bits per heavy atom. The molecule has 0 fully saturated rings. The fraction of sp³-hybridized carbons (Fsp3) is 0.318. The van der Waals surface area contributed by atoms with Crippen molar-refractivity contribution in [1.82, 2.24) is 19.7 Å². The van der Waals surface area contributed by atoms with Crippen LogP contribution in [0, 0.1) is 5.82 Å². The molecular formula is C22H25FN4O4. The number of ether oxygens (including phenoxy) is 2. The van der Waals surface area contributed by atoms with Crippen LogP contribution in [-0.2, 0) is 17.8 Å². The van der Waals surface area contributed by atoms with Crippen LogP contribution in [0.4, 0.5) is 4.39 Å². The molecule has 0 aliphatic heterocycles. The quantitative estimate of drug-likeness (QED) is 0.470. The molecule has 0 bridgehead atoms. The lowest BCUT2D eigenvalue weighted by atomic mass is 10.2. The Morgan fingerprint density at radius 1 is 1.19 bits per heavy atom. The molecule has 0 spiro atoms. The molecular weight excluding hydrogens is 403 g/mol. The minimum atomic E-state index is -1.06. The van der Waals surface area contributed by atoms with Crippen LogP contribution in [0.5, 0.6) is 5.88 Å². The summed E-state index contributed by atoms with van der Waals surface area (Å²) in [7, 11) is 3.96. The lowest BCUT2D eigenvalue weighted by molar-refractivity contribution is 0.0696. The van der Waals surface area contributed by atoms with Crippen LogP contribution in [0.25, 0.3) is 5.82 Å². The number of aromatic carboxylic acids is 1. The smallest absolute Gasteiger partial charge is 0.335 e. The van der Waals surface area contributed by atoms with E-state index in [4.69, 9.17) is 9.47 Å². The number of benzene rings is 1. The summed E-state index contributed by atoms with van der Waals surface area (Å²) in [5, 5.41) is 13.6. The van der Waals surface area contributed by atoms with Crippen molar-refractivity contribution in [3.63, 3.8) is 0 Å². The number of nitrogens with zero attached hydrogens (tertiary/aromatic N) is 4. The summed E-state index contributed by atoms with van der Waals surface area (Å²) >= 11 is 0. The summed E-state index contributed by atoms with van der Waals surface area (Å²) in [6.07, 6.45) is 3.63. The van der Waals surface area contributed by atoms with Gasteiger partial charge in [-0.3, -0.25) is 0 Å². The first-order valence-corrected chi connectivity index (χ1v) is 9.80. The Morgan fingerprint density at radius 3 is 2.68 bits per heavy atom. The van der Waals surface area contributed by atoms with Crippen LogP contribution in [0.3, 0.4) is 0 Å². The van der Waals surface area contributed by atoms with Crippen molar-refractivity contribution in [3.8, 4) is 11.7 Å². The van der Waals surface area contributed by atoms with Gasteiger partial charge >= 0.3 is 5.97 Å². The highest BCUT2D eigenvalue weighted by molar-refractivity contribution is 5.87. The zero-order valence-electron chi connectivity index (χ0n) is 17.5. The summed E-state index contributed by atoms with van der Waals surface area (Å²) in [4.78, 5) is 17.6. The minimum absolute atomic E-state index is 0.0959. The normalized spacial score (nSPS) is 11.1. The second-order valence-electron chi connectivity index (χ2n) is 7.18. The molecule has 2 heterocycles. The van der Waals surface area contributed by atoms with Crippen LogP contribution in [-0.4, -0.2) is 64.6 Å². The van der Waals surface area contributed by atoms with Crippen molar-refractivity contribution in [2.45, 2.75) is 13.0 Å². The standard InChI is InChI=1S/C22H25FN4O4/c1-26(2)10-12-30-11-8-18-14-25-27(20-13-17(22(28)29)7-9-24-20)21(18)31-15-16-3-5-19(23)6-4-16/h3-7,9,13-14H,8,10-12,15H2,1-2H3,(H,28,29). The van der Waals surface area contributed by atoms with Crippen molar-refractivity contribution in [2.75, 3.05) is 33.9 Å². The van der Waals surface area contributed by atoms with Crippen molar-refractivity contribution in [3.05, 3.63) is 71.3 Å². The minimum Gasteiger partial charge on any atom is -0.478 e. The molecule has 0 radical (unpaired) electrons. The number of rotatable bonds is 11. The Labute approximate surface area is 179 Å². The van der Waals surface area contributed by atoms with Gasteiger partial charge in [-0.2, -0.15) is 9.78 Å². The summed E-state index contributed by atoms with van der Waals surface area (Å²) < 4.78 is 26.3. The van der Waals surface area contributed by atoms with Crippen LogP contribution in [0.1, 0.15) is 21.5 Å². The van der Waals surface area contributed by atoms with E-state index in [9.17, 15) is 14.3 Å². The van der Waals surface area contributed by atoms with Crippen molar-refractivity contribution >= 4 is 5.97 Å². The lowest BCUT2D eigenvalue weighted by Crippen LogP contribution is -2.18. The predicted molar refractivity (Wildman–Crippen MR) is 112 cm³/mol. The third-order valence-corrected chi connectivity index (χ3v) is 4.49. The van der Waals surface area contributed by atoms with Crippen LogP contribution < -0.4 is 4.74 Å². The van der Waals surface area contributed by atoms with E-state index in [1.165, 1.54) is 35.1 Å². The molecule has 1 N–H and O–H groups in total. The van der Waals surface area contributed by atoms with Gasteiger partial charge in [-0.05, 0) is 43.9 Å². The maximum atomic E-state index is 13.2. The summed E-state index contributed by atoms with van der Waals surface area (Å²) in [6, 6.07) is 8.86. The number of carboxylic acids is 1. The molecule has 9 heteroatoms. The van der Waals surface area contributed by atoms with Crippen molar-refractivity contribution < 1.29 is 23.8 Å². The second kappa shape index (κ2) is 10.6. The first-order chi connectivity index (χ1) is 14.9. The number of hydrogen-bond acceptors (Lipinski definition) is 6. The molecule has 1 aromatic carbocycles. The maximum absolute atomic E-state index is 13.2. The van der Waals surface area contributed by atoms with Crippen molar-refractivity contribution in [1.29, 1.82) is 0 Å². The van der Waals surface area contributed by atoms with Gasteiger partial charge in [0.25, 0.3) is 0 Å². The molecule has 0 saturated carbocycles. The Bertz CT molecular complexity index is 1010. The monoisotopic (exact) mass is 428 g/mol. The highest BCUT2D eigenvalue weighted by Gasteiger charge is 2.16. The SMILES string of the molecule is CN(C)CCOCCc1cnn(-c2cc(C(=O)O)ccn2)c1OCc1ccc(F)cc1. The average molecular weight is 428 g/mol.